The molecule has 2 aliphatic carbocycles. The molecule has 162 valence electrons. The molecule has 3 rings (SSSR count). The molecule has 5 nitrogen and oxygen atoms in total. The summed E-state index contributed by atoms with van der Waals surface area (Å²) in [5, 5.41) is 33.9. The molecule has 7 unspecified atom stereocenters. The SMILES string of the molecule is COC1C(C(C)C)CC(CC2C(O)NC3CC=CC(C(O)O)C32)CC1C(C)C. The summed E-state index contributed by atoms with van der Waals surface area (Å²) < 4.78 is 5.98. The lowest BCUT2D eigenvalue weighted by Crippen LogP contribution is -2.44. The Hall–Kier alpha value is -0.460. The van der Waals surface area contributed by atoms with Gasteiger partial charge in [-0.15, -0.1) is 0 Å². The predicted molar refractivity (Wildman–Crippen MR) is 110 cm³/mol. The van der Waals surface area contributed by atoms with Crippen molar-refractivity contribution in [2.45, 2.75) is 78.0 Å². The van der Waals surface area contributed by atoms with E-state index in [1.807, 2.05) is 19.3 Å². The van der Waals surface area contributed by atoms with Crippen LogP contribution in [0.25, 0.3) is 0 Å². The van der Waals surface area contributed by atoms with Crippen LogP contribution in [0.4, 0.5) is 0 Å². The number of hydrogen-bond donors (Lipinski definition) is 4. The van der Waals surface area contributed by atoms with E-state index in [4.69, 9.17) is 4.74 Å². The van der Waals surface area contributed by atoms with Crippen molar-refractivity contribution in [3.63, 3.8) is 0 Å². The van der Waals surface area contributed by atoms with Gasteiger partial charge in [0.05, 0.1) is 6.10 Å². The molecular weight excluding hydrogens is 354 g/mol. The molecule has 3 aliphatic rings. The largest absolute Gasteiger partial charge is 0.381 e. The van der Waals surface area contributed by atoms with Crippen LogP contribution in [0, 0.1) is 47.3 Å². The van der Waals surface area contributed by atoms with Crippen molar-refractivity contribution < 1.29 is 20.1 Å². The summed E-state index contributed by atoms with van der Waals surface area (Å²) in [5.74, 6) is 2.57. The maximum Gasteiger partial charge on any atom is 0.158 e. The average Bonchev–Trinajstić information content (AvgIpc) is 2.96. The average molecular weight is 396 g/mol. The van der Waals surface area contributed by atoms with Crippen molar-refractivity contribution in [1.29, 1.82) is 0 Å². The van der Waals surface area contributed by atoms with Crippen LogP contribution in [0.1, 0.15) is 53.4 Å². The fourth-order valence-electron chi connectivity index (χ4n) is 6.52. The molecule has 4 N–H and O–H groups in total. The Balaban J connectivity index is 1.78. The number of rotatable bonds is 6. The van der Waals surface area contributed by atoms with E-state index in [9.17, 15) is 15.3 Å². The highest BCUT2D eigenvalue weighted by Gasteiger charge is 2.50. The molecule has 0 radical (unpaired) electrons. The van der Waals surface area contributed by atoms with Gasteiger partial charge in [0.15, 0.2) is 6.29 Å². The molecule has 1 saturated carbocycles. The maximum atomic E-state index is 10.8. The van der Waals surface area contributed by atoms with Crippen LogP contribution in [0.2, 0.25) is 0 Å². The Morgan fingerprint density at radius 1 is 1.07 bits per heavy atom. The van der Waals surface area contributed by atoms with Gasteiger partial charge in [-0.05, 0) is 61.2 Å². The number of nitrogens with one attached hydrogen (secondary N) is 1. The van der Waals surface area contributed by atoms with Gasteiger partial charge in [-0.25, -0.2) is 0 Å². The van der Waals surface area contributed by atoms with Crippen LogP contribution < -0.4 is 5.32 Å². The smallest absolute Gasteiger partial charge is 0.158 e. The lowest BCUT2D eigenvalue weighted by molar-refractivity contribution is -0.0997. The Bertz CT molecular complexity index is 517. The minimum absolute atomic E-state index is 0.0615. The first kappa shape index (κ1) is 22.2. The third-order valence-electron chi connectivity index (χ3n) is 7.93. The van der Waals surface area contributed by atoms with Crippen molar-refractivity contribution >= 4 is 0 Å². The summed E-state index contributed by atoms with van der Waals surface area (Å²) in [5.41, 5.74) is 0. The van der Waals surface area contributed by atoms with Crippen molar-refractivity contribution in [3.8, 4) is 0 Å². The molecular formula is C23H41NO4. The molecule has 0 aromatic heterocycles. The zero-order valence-electron chi connectivity index (χ0n) is 18.2. The fraction of sp³-hybridized carbons (Fsp3) is 0.913. The van der Waals surface area contributed by atoms with E-state index in [1.165, 1.54) is 0 Å². The van der Waals surface area contributed by atoms with E-state index < -0.39 is 12.5 Å². The first-order chi connectivity index (χ1) is 13.2. The highest BCUT2D eigenvalue weighted by atomic mass is 16.5. The van der Waals surface area contributed by atoms with Crippen LogP contribution in [-0.4, -0.2) is 47.1 Å². The first-order valence-corrected chi connectivity index (χ1v) is 11.2. The molecule has 28 heavy (non-hydrogen) atoms. The van der Waals surface area contributed by atoms with Gasteiger partial charge in [-0.2, -0.15) is 0 Å². The van der Waals surface area contributed by atoms with E-state index in [-0.39, 0.29) is 23.8 Å². The van der Waals surface area contributed by atoms with Gasteiger partial charge in [-0.3, -0.25) is 5.32 Å². The Morgan fingerprint density at radius 2 is 1.68 bits per heavy atom. The second kappa shape index (κ2) is 9.13. The quantitative estimate of drug-likeness (QED) is 0.411. The standard InChI is InChI=1S/C23H41NO4/c1-12(2)16-9-14(10-17(13(3)4)21(16)28-5)11-18-20-15(23(26)27)7-6-8-19(20)24-22(18)25/h6-7,12-27H,8-11H2,1-5H3. The van der Waals surface area contributed by atoms with Gasteiger partial charge in [0.25, 0.3) is 0 Å². The normalized spacial score (nSPS) is 43.9. The number of ether oxygens (including phenoxy) is 1. The molecule has 1 heterocycles. The topological polar surface area (TPSA) is 82.0 Å². The minimum Gasteiger partial charge on any atom is -0.381 e. The van der Waals surface area contributed by atoms with Crippen molar-refractivity contribution in [1.82, 2.24) is 5.32 Å². The van der Waals surface area contributed by atoms with Crippen LogP contribution in [0.15, 0.2) is 12.2 Å². The Kier molecular flexibility index (Phi) is 7.25. The zero-order chi connectivity index (χ0) is 20.6. The van der Waals surface area contributed by atoms with E-state index in [0.29, 0.717) is 35.7 Å². The van der Waals surface area contributed by atoms with Gasteiger partial charge in [0.2, 0.25) is 0 Å². The molecule has 0 aromatic rings. The second-order valence-electron chi connectivity index (χ2n) is 10.2. The Labute approximate surface area is 170 Å². The van der Waals surface area contributed by atoms with E-state index in [1.54, 1.807) is 0 Å². The van der Waals surface area contributed by atoms with Crippen LogP contribution >= 0.6 is 0 Å². The summed E-state index contributed by atoms with van der Waals surface area (Å²) in [4.78, 5) is 0. The summed E-state index contributed by atoms with van der Waals surface area (Å²) >= 11 is 0. The predicted octanol–water partition coefficient (Wildman–Crippen LogP) is 2.76. The highest BCUT2D eigenvalue weighted by molar-refractivity contribution is 5.10. The summed E-state index contributed by atoms with van der Waals surface area (Å²) in [7, 11) is 1.85. The second-order valence-corrected chi connectivity index (χ2v) is 10.2. The van der Waals surface area contributed by atoms with Gasteiger partial charge < -0.3 is 20.1 Å². The van der Waals surface area contributed by atoms with Crippen molar-refractivity contribution in [2.75, 3.05) is 7.11 Å². The van der Waals surface area contributed by atoms with Crippen molar-refractivity contribution in [3.05, 3.63) is 12.2 Å². The summed E-state index contributed by atoms with van der Waals surface area (Å²) in [6.07, 6.45) is 6.37. The van der Waals surface area contributed by atoms with Gasteiger partial charge in [-0.1, -0.05) is 39.8 Å². The molecule has 1 aliphatic heterocycles. The van der Waals surface area contributed by atoms with E-state index in [2.05, 4.69) is 33.0 Å². The number of hydrogen-bond acceptors (Lipinski definition) is 5. The monoisotopic (exact) mass is 395 g/mol. The highest BCUT2D eigenvalue weighted by Crippen LogP contribution is 2.48. The van der Waals surface area contributed by atoms with Crippen LogP contribution in [-0.2, 0) is 4.74 Å². The van der Waals surface area contributed by atoms with E-state index in [0.717, 1.165) is 25.7 Å². The fourth-order valence-corrected chi connectivity index (χ4v) is 6.52. The summed E-state index contributed by atoms with van der Waals surface area (Å²) in [6.45, 7) is 9.18. The Morgan fingerprint density at radius 3 is 2.18 bits per heavy atom. The number of methoxy groups -OCH3 is 1. The van der Waals surface area contributed by atoms with E-state index >= 15 is 0 Å². The summed E-state index contributed by atoms with van der Waals surface area (Å²) in [6, 6.07) is 0.133. The third-order valence-corrected chi connectivity index (χ3v) is 7.93. The molecule has 1 saturated heterocycles. The van der Waals surface area contributed by atoms with Gasteiger partial charge >= 0.3 is 0 Å². The molecule has 0 spiro atoms. The van der Waals surface area contributed by atoms with Gasteiger partial charge in [0, 0.05) is 25.0 Å². The molecule has 5 heteroatoms. The lowest BCUT2D eigenvalue weighted by Gasteiger charge is -2.46. The molecule has 0 amide bonds. The first-order valence-electron chi connectivity index (χ1n) is 11.2. The molecule has 7 atom stereocenters. The maximum absolute atomic E-state index is 10.8. The van der Waals surface area contributed by atoms with Crippen molar-refractivity contribution in [2.24, 2.45) is 47.3 Å². The third kappa shape index (κ3) is 4.34. The molecule has 2 fully saturated rings. The molecule has 0 aromatic carbocycles. The number of aliphatic hydroxyl groups excluding tert-OH is 2. The lowest BCUT2D eigenvalue weighted by atomic mass is 9.63. The van der Waals surface area contributed by atoms with Gasteiger partial charge in [0.1, 0.15) is 6.23 Å². The minimum atomic E-state index is -1.37. The number of fused-ring (bicyclic) bond motifs is 1. The number of aliphatic hydroxyl groups is 3. The molecule has 0 bridgehead atoms. The van der Waals surface area contributed by atoms with Crippen LogP contribution in [0.3, 0.4) is 0 Å². The zero-order valence-corrected chi connectivity index (χ0v) is 18.2. The van der Waals surface area contributed by atoms with Crippen LogP contribution in [0.5, 0.6) is 0 Å².